The summed E-state index contributed by atoms with van der Waals surface area (Å²) in [5.74, 6) is 0.510. The van der Waals surface area contributed by atoms with E-state index < -0.39 is 10.0 Å². The Bertz CT molecular complexity index is 475. The van der Waals surface area contributed by atoms with Gasteiger partial charge in [0.25, 0.3) is 0 Å². The Kier molecular flexibility index (Phi) is 4.42. The number of rotatable bonds is 6. The Morgan fingerprint density at radius 2 is 2.11 bits per heavy atom. The average Bonchev–Trinajstić information content (AvgIpc) is 2.98. The molecule has 0 aromatic carbocycles. The largest absolute Gasteiger partial charge is 0.363 e. The van der Waals surface area contributed by atoms with Gasteiger partial charge in [0.15, 0.2) is 0 Å². The second-order valence-corrected chi connectivity index (χ2v) is 6.66. The molecule has 1 saturated carbocycles. The molecular weight excluding hydrogens is 250 g/mol. The minimum atomic E-state index is -3.35. The first-order chi connectivity index (χ1) is 8.62. The van der Waals surface area contributed by atoms with E-state index >= 15 is 0 Å². The van der Waals surface area contributed by atoms with Gasteiger partial charge in [0, 0.05) is 25.0 Å². The third kappa shape index (κ3) is 3.34. The van der Waals surface area contributed by atoms with Gasteiger partial charge in [-0.2, -0.15) is 0 Å². The highest BCUT2D eigenvalue weighted by molar-refractivity contribution is 7.89. The highest BCUT2D eigenvalue weighted by Crippen LogP contribution is 2.24. The van der Waals surface area contributed by atoms with Crippen molar-refractivity contribution in [2.45, 2.75) is 37.1 Å². The molecule has 0 unspecified atom stereocenters. The van der Waals surface area contributed by atoms with Gasteiger partial charge in [-0.3, -0.25) is 0 Å². The van der Waals surface area contributed by atoms with Crippen molar-refractivity contribution in [2.24, 2.45) is 5.92 Å². The van der Waals surface area contributed by atoms with E-state index in [1.807, 2.05) is 7.05 Å². The Morgan fingerprint density at radius 3 is 2.78 bits per heavy atom. The van der Waals surface area contributed by atoms with Gasteiger partial charge in [-0.05, 0) is 31.9 Å². The molecule has 0 saturated heterocycles. The molecule has 1 aliphatic carbocycles. The number of nitrogens with one attached hydrogen (secondary N) is 3. The lowest BCUT2D eigenvalue weighted by Crippen LogP contribution is -2.28. The van der Waals surface area contributed by atoms with Crippen LogP contribution >= 0.6 is 0 Å². The summed E-state index contributed by atoms with van der Waals surface area (Å²) in [6, 6.07) is 1.67. The lowest BCUT2D eigenvalue weighted by atomic mass is 10.1. The fourth-order valence-corrected chi connectivity index (χ4v) is 3.53. The molecule has 0 radical (unpaired) electrons. The van der Waals surface area contributed by atoms with Crippen LogP contribution in [-0.4, -0.2) is 27.0 Å². The molecule has 1 fully saturated rings. The Hall–Kier alpha value is -0.850. The SMILES string of the molecule is CNCc1cc(S(=O)(=O)NCC2CCCC2)c[nH]1. The number of hydrogen-bond acceptors (Lipinski definition) is 3. The van der Waals surface area contributed by atoms with E-state index in [2.05, 4.69) is 15.0 Å². The standard InChI is InChI=1S/C12H21N3O2S/c1-13-8-11-6-12(9-14-11)18(16,17)15-7-10-4-2-3-5-10/h6,9-10,13-15H,2-5,7-8H2,1H3. The van der Waals surface area contributed by atoms with Crippen LogP contribution in [0.25, 0.3) is 0 Å². The zero-order chi connectivity index (χ0) is 13.0. The van der Waals surface area contributed by atoms with E-state index in [0.717, 1.165) is 18.5 Å². The molecule has 6 heteroatoms. The number of H-pyrrole nitrogens is 1. The van der Waals surface area contributed by atoms with Gasteiger partial charge in [-0.1, -0.05) is 12.8 Å². The van der Waals surface area contributed by atoms with Crippen LogP contribution in [0.15, 0.2) is 17.2 Å². The van der Waals surface area contributed by atoms with Crippen LogP contribution in [0.4, 0.5) is 0 Å². The predicted octanol–water partition coefficient (Wildman–Crippen LogP) is 1.20. The van der Waals surface area contributed by atoms with E-state index in [9.17, 15) is 8.42 Å². The maximum absolute atomic E-state index is 12.1. The van der Waals surface area contributed by atoms with E-state index in [4.69, 9.17) is 0 Å². The normalized spacial score (nSPS) is 17.4. The number of aromatic nitrogens is 1. The quantitative estimate of drug-likeness (QED) is 0.728. The first kappa shape index (κ1) is 13.6. The van der Waals surface area contributed by atoms with Gasteiger partial charge in [0.1, 0.15) is 0 Å². The van der Waals surface area contributed by atoms with Gasteiger partial charge in [-0.15, -0.1) is 0 Å². The minimum absolute atomic E-state index is 0.325. The lowest BCUT2D eigenvalue weighted by Gasteiger charge is -2.10. The summed E-state index contributed by atoms with van der Waals surface area (Å²) in [5, 5.41) is 2.98. The molecule has 5 nitrogen and oxygen atoms in total. The average molecular weight is 271 g/mol. The zero-order valence-electron chi connectivity index (χ0n) is 10.7. The summed E-state index contributed by atoms with van der Waals surface area (Å²) >= 11 is 0. The molecular formula is C12H21N3O2S. The van der Waals surface area contributed by atoms with E-state index in [-0.39, 0.29) is 0 Å². The van der Waals surface area contributed by atoms with Crippen LogP contribution in [0.2, 0.25) is 0 Å². The van der Waals surface area contributed by atoms with Crippen molar-refractivity contribution in [3.8, 4) is 0 Å². The molecule has 102 valence electrons. The third-order valence-electron chi connectivity index (χ3n) is 3.43. The summed E-state index contributed by atoms with van der Waals surface area (Å²) in [7, 11) is -1.53. The van der Waals surface area contributed by atoms with Crippen LogP contribution < -0.4 is 10.0 Å². The monoisotopic (exact) mass is 271 g/mol. The summed E-state index contributed by atoms with van der Waals surface area (Å²) in [6.07, 6.45) is 6.27. The van der Waals surface area contributed by atoms with Crippen LogP contribution in [0.5, 0.6) is 0 Å². The highest BCUT2D eigenvalue weighted by atomic mass is 32.2. The van der Waals surface area contributed by atoms with Crippen molar-refractivity contribution in [3.63, 3.8) is 0 Å². The lowest BCUT2D eigenvalue weighted by molar-refractivity contribution is 0.519. The molecule has 1 aromatic rings. The molecule has 0 amide bonds. The smallest absolute Gasteiger partial charge is 0.242 e. The Labute approximate surface area is 108 Å². The van der Waals surface area contributed by atoms with Crippen molar-refractivity contribution in [3.05, 3.63) is 18.0 Å². The van der Waals surface area contributed by atoms with Crippen LogP contribution in [0.3, 0.4) is 0 Å². The zero-order valence-corrected chi connectivity index (χ0v) is 11.5. The van der Waals surface area contributed by atoms with E-state index in [1.54, 1.807) is 12.3 Å². The number of sulfonamides is 1. The molecule has 3 N–H and O–H groups in total. The topological polar surface area (TPSA) is 74.0 Å². The first-order valence-electron chi connectivity index (χ1n) is 6.43. The maximum Gasteiger partial charge on any atom is 0.242 e. The third-order valence-corrected chi connectivity index (χ3v) is 4.83. The van der Waals surface area contributed by atoms with Crippen molar-refractivity contribution in [1.29, 1.82) is 0 Å². The van der Waals surface area contributed by atoms with Crippen molar-refractivity contribution in [1.82, 2.24) is 15.0 Å². The maximum atomic E-state index is 12.1. The van der Waals surface area contributed by atoms with E-state index in [1.165, 1.54) is 12.8 Å². The fourth-order valence-electron chi connectivity index (χ4n) is 2.39. The number of hydrogen-bond donors (Lipinski definition) is 3. The van der Waals surface area contributed by atoms with Gasteiger partial charge in [-0.25, -0.2) is 13.1 Å². The summed E-state index contributed by atoms with van der Waals surface area (Å²) in [4.78, 5) is 3.28. The van der Waals surface area contributed by atoms with Crippen LogP contribution in [0, 0.1) is 5.92 Å². The Balaban J connectivity index is 1.95. The number of aromatic amines is 1. The van der Waals surface area contributed by atoms with Crippen molar-refractivity contribution in [2.75, 3.05) is 13.6 Å². The van der Waals surface area contributed by atoms with Crippen LogP contribution in [0.1, 0.15) is 31.4 Å². The minimum Gasteiger partial charge on any atom is -0.363 e. The molecule has 0 aliphatic heterocycles. The van der Waals surface area contributed by atoms with Gasteiger partial charge < -0.3 is 10.3 Å². The molecule has 1 aromatic heterocycles. The second-order valence-electron chi connectivity index (χ2n) is 4.89. The summed E-state index contributed by atoms with van der Waals surface area (Å²) in [6.45, 7) is 1.20. The molecule has 1 aliphatic rings. The molecule has 0 bridgehead atoms. The summed E-state index contributed by atoms with van der Waals surface area (Å²) in [5.41, 5.74) is 0.874. The molecule has 0 spiro atoms. The molecule has 1 heterocycles. The molecule has 0 atom stereocenters. The van der Waals surface area contributed by atoms with Crippen LogP contribution in [-0.2, 0) is 16.6 Å². The molecule has 18 heavy (non-hydrogen) atoms. The van der Waals surface area contributed by atoms with Crippen molar-refractivity contribution < 1.29 is 8.42 Å². The van der Waals surface area contributed by atoms with E-state index in [0.29, 0.717) is 23.9 Å². The van der Waals surface area contributed by atoms with Gasteiger partial charge >= 0.3 is 0 Å². The van der Waals surface area contributed by atoms with Gasteiger partial charge in [0.2, 0.25) is 10.0 Å². The predicted molar refractivity (Wildman–Crippen MR) is 70.7 cm³/mol. The van der Waals surface area contributed by atoms with Crippen molar-refractivity contribution >= 4 is 10.0 Å². The molecule has 2 rings (SSSR count). The Morgan fingerprint density at radius 1 is 1.39 bits per heavy atom. The highest BCUT2D eigenvalue weighted by Gasteiger charge is 2.20. The first-order valence-corrected chi connectivity index (χ1v) is 7.91. The summed E-state index contributed by atoms with van der Waals surface area (Å²) < 4.78 is 26.8. The van der Waals surface area contributed by atoms with Gasteiger partial charge in [0.05, 0.1) is 4.90 Å². The fraction of sp³-hybridized carbons (Fsp3) is 0.667. The second kappa shape index (κ2) is 5.86.